The van der Waals surface area contributed by atoms with Crippen LogP contribution in [0.4, 0.5) is 0 Å². The van der Waals surface area contributed by atoms with Gasteiger partial charge in [-0.3, -0.25) is 4.79 Å². The minimum Gasteiger partial charge on any atom is -0.489 e. The first-order valence-corrected chi connectivity index (χ1v) is 10.2. The number of halogens is 1. The van der Waals surface area contributed by atoms with Crippen LogP contribution in [0.25, 0.3) is 11.3 Å². The van der Waals surface area contributed by atoms with Crippen LogP contribution in [-0.4, -0.2) is 11.0 Å². The lowest BCUT2D eigenvalue weighted by molar-refractivity contribution is -0.134. The summed E-state index contributed by atoms with van der Waals surface area (Å²) in [6.07, 6.45) is 2.15. The molecular weight excluding hydrogens is 414 g/mol. The van der Waals surface area contributed by atoms with Gasteiger partial charge in [-0.05, 0) is 54.1 Å². The lowest BCUT2D eigenvalue weighted by Crippen LogP contribution is -2.09. The molecule has 1 heterocycles. The summed E-state index contributed by atoms with van der Waals surface area (Å²) in [5.74, 6) is 1.92. The first kappa shape index (κ1) is 20.7. The highest BCUT2D eigenvalue weighted by molar-refractivity contribution is 6.30. The monoisotopic (exact) mass is 433 g/mol. The molecule has 0 bridgehead atoms. The topological polar surface area (TPSA) is 61.6 Å². The van der Waals surface area contributed by atoms with Gasteiger partial charge in [0.25, 0.3) is 0 Å². The van der Waals surface area contributed by atoms with Crippen molar-refractivity contribution in [3.8, 4) is 22.8 Å². The van der Waals surface area contributed by atoms with Crippen molar-refractivity contribution in [2.24, 2.45) is 0 Å². The van der Waals surface area contributed by atoms with E-state index in [1.54, 1.807) is 42.6 Å². The Morgan fingerprint density at radius 3 is 2.35 bits per heavy atom. The van der Waals surface area contributed by atoms with Gasteiger partial charge in [-0.15, -0.1) is 0 Å². The predicted molar refractivity (Wildman–Crippen MR) is 118 cm³/mol. The predicted octanol–water partition coefficient (Wildman–Crippen LogP) is 6.11. The maximum Gasteiger partial charge on any atom is 0.311 e. The SMILES string of the molecule is O=C(CCc1ncc(-c2ccc(Cl)cc2)o1)Oc1ccc(OCc2ccccc2)cc1. The van der Waals surface area contributed by atoms with Crippen molar-refractivity contribution in [3.05, 3.63) is 102 Å². The Bertz CT molecular complexity index is 1120. The molecule has 0 aliphatic rings. The van der Waals surface area contributed by atoms with Crippen LogP contribution in [0.15, 0.2) is 89.5 Å². The molecule has 0 radical (unpaired) electrons. The molecule has 0 amide bonds. The van der Waals surface area contributed by atoms with E-state index in [1.165, 1.54) is 0 Å². The summed E-state index contributed by atoms with van der Waals surface area (Å²) in [5.41, 5.74) is 1.96. The summed E-state index contributed by atoms with van der Waals surface area (Å²) in [7, 11) is 0. The van der Waals surface area contributed by atoms with Crippen LogP contribution in [0.3, 0.4) is 0 Å². The van der Waals surface area contributed by atoms with Gasteiger partial charge >= 0.3 is 5.97 Å². The molecule has 0 spiro atoms. The zero-order chi connectivity index (χ0) is 21.5. The van der Waals surface area contributed by atoms with Crippen molar-refractivity contribution in [1.29, 1.82) is 0 Å². The summed E-state index contributed by atoms with van der Waals surface area (Å²) in [6, 6.07) is 24.2. The number of aromatic nitrogens is 1. The standard InChI is InChI=1S/C25H20ClNO4/c26-20-8-6-19(7-9-20)23-16-27-24(31-23)14-15-25(28)30-22-12-10-21(11-13-22)29-17-18-4-2-1-3-5-18/h1-13,16H,14-15,17H2. The number of carbonyl (C=O) groups excluding carboxylic acids is 1. The molecule has 0 unspecified atom stereocenters. The Kier molecular flexibility index (Phi) is 6.65. The minimum absolute atomic E-state index is 0.160. The summed E-state index contributed by atoms with van der Waals surface area (Å²) in [6.45, 7) is 0.480. The molecule has 0 fully saturated rings. The first-order valence-electron chi connectivity index (χ1n) is 9.84. The van der Waals surface area contributed by atoms with Gasteiger partial charge in [-0.1, -0.05) is 41.9 Å². The molecule has 0 aliphatic carbocycles. The lowest BCUT2D eigenvalue weighted by atomic mass is 10.2. The van der Waals surface area contributed by atoms with Gasteiger partial charge in [0.15, 0.2) is 11.7 Å². The summed E-state index contributed by atoms with van der Waals surface area (Å²) >= 11 is 5.90. The van der Waals surface area contributed by atoms with E-state index in [0.29, 0.717) is 41.2 Å². The van der Waals surface area contributed by atoms with E-state index in [4.69, 9.17) is 25.5 Å². The number of carbonyl (C=O) groups is 1. The number of ether oxygens (including phenoxy) is 2. The number of aryl methyl sites for hydroxylation is 1. The van der Waals surface area contributed by atoms with Crippen LogP contribution < -0.4 is 9.47 Å². The number of oxazole rings is 1. The van der Waals surface area contributed by atoms with Gasteiger partial charge < -0.3 is 13.9 Å². The van der Waals surface area contributed by atoms with E-state index in [9.17, 15) is 4.79 Å². The molecule has 0 N–H and O–H groups in total. The number of benzene rings is 3. The normalized spacial score (nSPS) is 10.6. The Morgan fingerprint density at radius 2 is 1.61 bits per heavy atom. The first-order chi connectivity index (χ1) is 15.2. The van der Waals surface area contributed by atoms with Crippen LogP contribution in [0, 0.1) is 0 Å². The maximum absolute atomic E-state index is 12.2. The second-order valence-corrected chi connectivity index (χ2v) is 7.28. The van der Waals surface area contributed by atoms with Crippen molar-refractivity contribution >= 4 is 17.6 Å². The summed E-state index contributed by atoms with van der Waals surface area (Å²) in [4.78, 5) is 16.4. The molecular formula is C25H20ClNO4. The third-order valence-corrected chi connectivity index (χ3v) is 4.78. The molecule has 0 atom stereocenters. The Hall–Kier alpha value is -3.57. The molecule has 4 rings (SSSR count). The van der Waals surface area contributed by atoms with Gasteiger partial charge in [-0.25, -0.2) is 4.98 Å². The average molecular weight is 434 g/mol. The van der Waals surface area contributed by atoms with E-state index >= 15 is 0 Å². The fourth-order valence-electron chi connectivity index (χ4n) is 2.91. The van der Waals surface area contributed by atoms with Gasteiger partial charge in [0.05, 0.1) is 12.6 Å². The largest absolute Gasteiger partial charge is 0.489 e. The van der Waals surface area contributed by atoms with E-state index in [-0.39, 0.29) is 12.4 Å². The summed E-state index contributed by atoms with van der Waals surface area (Å²) in [5, 5.41) is 0.655. The van der Waals surface area contributed by atoms with Crippen LogP contribution in [0.1, 0.15) is 17.9 Å². The van der Waals surface area contributed by atoms with Crippen molar-refractivity contribution in [2.75, 3.05) is 0 Å². The number of esters is 1. The van der Waals surface area contributed by atoms with Crippen molar-refractivity contribution in [1.82, 2.24) is 4.98 Å². The Balaban J connectivity index is 1.25. The van der Waals surface area contributed by atoms with Gasteiger partial charge in [0.2, 0.25) is 0 Å². The van der Waals surface area contributed by atoms with Crippen LogP contribution >= 0.6 is 11.6 Å². The molecule has 0 saturated heterocycles. The van der Waals surface area contributed by atoms with E-state index in [0.717, 1.165) is 11.1 Å². The quantitative estimate of drug-likeness (QED) is 0.248. The molecule has 0 aliphatic heterocycles. The number of nitrogens with zero attached hydrogens (tertiary/aromatic N) is 1. The number of rotatable bonds is 8. The van der Waals surface area contributed by atoms with Gasteiger partial charge in [0, 0.05) is 17.0 Å². The molecule has 1 aromatic heterocycles. The van der Waals surface area contributed by atoms with Crippen LogP contribution in [0.5, 0.6) is 11.5 Å². The Labute approximate surface area is 185 Å². The fourth-order valence-corrected chi connectivity index (χ4v) is 3.04. The van der Waals surface area contributed by atoms with Crippen molar-refractivity contribution in [3.63, 3.8) is 0 Å². The fraction of sp³-hybridized carbons (Fsp3) is 0.120. The van der Waals surface area contributed by atoms with E-state index in [2.05, 4.69) is 4.98 Å². The van der Waals surface area contributed by atoms with Crippen LogP contribution in [0.2, 0.25) is 5.02 Å². The Morgan fingerprint density at radius 1 is 0.903 bits per heavy atom. The highest BCUT2D eigenvalue weighted by Crippen LogP contribution is 2.23. The van der Waals surface area contributed by atoms with Gasteiger partial charge in [-0.2, -0.15) is 0 Å². The summed E-state index contributed by atoms with van der Waals surface area (Å²) < 4.78 is 16.8. The molecule has 4 aromatic rings. The average Bonchev–Trinajstić information content (AvgIpc) is 3.28. The van der Waals surface area contributed by atoms with Crippen molar-refractivity contribution in [2.45, 2.75) is 19.4 Å². The second-order valence-electron chi connectivity index (χ2n) is 6.84. The zero-order valence-electron chi connectivity index (χ0n) is 16.7. The molecule has 31 heavy (non-hydrogen) atoms. The van der Waals surface area contributed by atoms with Crippen molar-refractivity contribution < 1.29 is 18.7 Å². The lowest BCUT2D eigenvalue weighted by Gasteiger charge is -2.08. The maximum atomic E-state index is 12.2. The molecule has 6 heteroatoms. The van der Waals surface area contributed by atoms with E-state index in [1.807, 2.05) is 42.5 Å². The molecule has 156 valence electrons. The molecule has 5 nitrogen and oxygen atoms in total. The third kappa shape index (κ3) is 5.96. The minimum atomic E-state index is -0.357. The molecule has 0 saturated carbocycles. The second kappa shape index (κ2) is 9.96. The highest BCUT2D eigenvalue weighted by atomic mass is 35.5. The molecule has 3 aromatic carbocycles. The highest BCUT2D eigenvalue weighted by Gasteiger charge is 2.11. The van der Waals surface area contributed by atoms with E-state index < -0.39 is 0 Å². The van der Waals surface area contributed by atoms with Crippen LogP contribution in [-0.2, 0) is 17.8 Å². The third-order valence-electron chi connectivity index (χ3n) is 4.53. The number of hydrogen-bond acceptors (Lipinski definition) is 5. The smallest absolute Gasteiger partial charge is 0.311 e. The zero-order valence-corrected chi connectivity index (χ0v) is 17.4. The van der Waals surface area contributed by atoms with Gasteiger partial charge in [0.1, 0.15) is 18.1 Å². The number of hydrogen-bond donors (Lipinski definition) is 0.